The van der Waals surface area contributed by atoms with Gasteiger partial charge in [0, 0.05) is 18.0 Å². The number of hydrogen-bond donors (Lipinski definition) is 2. The lowest BCUT2D eigenvalue weighted by atomic mass is 10.3. The van der Waals surface area contributed by atoms with Crippen molar-refractivity contribution in [2.45, 2.75) is 26.3 Å². The van der Waals surface area contributed by atoms with Gasteiger partial charge in [-0.15, -0.1) is 11.3 Å². The highest BCUT2D eigenvalue weighted by molar-refractivity contribution is 9.11. The average molecular weight is 364 g/mol. The third-order valence-corrected chi connectivity index (χ3v) is 4.74. The van der Waals surface area contributed by atoms with Crippen LogP contribution < -0.4 is 10.6 Å². The number of nitrogens with zero attached hydrogens (tertiary/aromatic N) is 1. The Kier molecular flexibility index (Phi) is 9.38. The largest absolute Gasteiger partial charge is 0.357 e. The molecule has 0 atom stereocenters. The average Bonchev–Trinajstić information content (AvgIpc) is 2.81. The molecule has 1 aromatic rings. The summed E-state index contributed by atoms with van der Waals surface area (Å²) in [4.78, 5) is 5.86. The van der Waals surface area contributed by atoms with Gasteiger partial charge in [0.05, 0.1) is 10.3 Å². The Morgan fingerprint density at radius 3 is 2.84 bits per heavy atom. The van der Waals surface area contributed by atoms with Crippen LogP contribution in [0.15, 0.2) is 20.9 Å². The molecular formula is C13H22BrN3S2. The van der Waals surface area contributed by atoms with Gasteiger partial charge in [-0.3, -0.25) is 0 Å². The number of hydrogen-bond acceptors (Lipinski definition) is 3. The zero-order valence-electron chi connectivity index (χ0n) is 11.5. The van der Waals surface area contributed by atoms with Crippen LogP contribution in [0.25, 0.3) is 0 Å². The molecule has 2 N–H and O–H groups in total. The molecule has 6 heteroatoms. The van der Waals surface area contributed by atoms with E-state index in [9.17, 15) is 0 Å². The van der Waals surface area contributed by atoms with Crippen LogP contribution in [0.4, 0.5) is 0 Å². The second-order valence-electron chi connectivity index (χ2n) is 4.03. The number of aliphatic imine (C=N–C) groups is 1. The fourth-order valence-corrected chi connectivity index (χ4v) is 3.41. The monoisotopic (exact) mass is 363 g/mol. The van der Waals surface area contributed by atoms with Crippen molar-refractivity contribution in [1.29, 1.82) is 0 Å². The number of rotatable bonds is 8. The molecule has 0 fully saturated rings. The standard InChI is InChI=1S/C13H22BrN3S2/c1-3-15-13(16-8-4-5-9-18-2)17-10-11-6-7-12(14)19-11/h6-7H,3-5,8-10H2,1-2H3,(H2,15,16,17). The third-order valence-electron chi connectivity index (χ3n) is 2.43. The van der Waals surface area contributed by atoms with E-state index in [1.807, 2.05) is 11.8 Å². The van der Waals surface area contributed by atoms with Gasteiger partial charge in [-0.2, -0.15) is 11.8 Å². The van der Waals surface area contributed by atoms with Crippen molar-refractivity contribution in [1.82, 2.24) is 10.6 Å². The van der Waals surface area contributed by atoms with Crippen molar-refractivity contribution in [2.24, 2.45) is 4.99 Å². The Bertz CT molecular complexity index is 380. The van der Waals surface area contributed by atoms with Crippen molar-refractivity contribution >= 4 is 45.0 Å². The molecule has 19 heavy (non-hydrogen) atoms. The molecule has 108 valence electrons. The first-order valence-corrected chi connectivity index (χ1v) is 9.52. The molecule has 0 amide bonds. The minimum Gasteiger partial charge on any atom is -0.357 e. The van der Waals surface area contributed by atoms with Gasteiger partial charge in [-0.1, -0.05) is 0 Å². The van der Waals surface area contributed by atoms with E-state index in [4.69, 9.17) is 0 Å². The van der Waals surface area contributed by atoms with Gasteiger partial charge in [0.2, 0.25) is 0 Å². The van der Waals surface area contributed by atoms with Crippen LogP contribution in [0.2, 0.25) is 0 Å². The lowest BCUT2D eigenvalue weighted by Gasteiger charge is -2.10. The maximum atomic E-state index is 4.59. The molecule has 0 aliphatic rings. The predicted molar refractivity (Wildman–Crippen MR) is 92.5 cm³/mol. The Hall–Kier alpha value is -0.200. The van der Waals surface area contributed by atoms with E-state index in [1.54, 1.807) is 11.3 Å². The van der Waals surface area contributed by atoms with E-state index in [2.05, 4.69) is 56.9 Å². The molecule has 0 spiro atoms. The van der Waals surface area contributed by atoms with Crippen molar-refractivity contribution in [3.8, 4) is 0 Å². The third kappa shape index (κ3) is 7.84. The highest BCUT2D eigenvalue weighted by Gasteiger charge is 1.99. The minimum atomic E-state index is 0.733. The van der Waals surface area contributed by atoms with Crippen LogP contribution in [0.1, 0.15) is 24.6 Å². The summed E-state index contributed by atoms with van der Waals surface area (Å²) in [5, 5.41) is 6.66. The summed E-state index contributed by atoms with van der Waals surface area (Å²) >= 11 is 7.11. The maximum Gasteiger partial charge on any atom is 0.191 e. The van der Waals surface area contributed by atoms with Crippen LogP contribution in [-0.4, -0.2) is 31.1 Å². The molecule has 0 saturated carbocycles. The van der Waals surface area contributed by atoms with E-state index in [-0.39, 0.29) is 0 Å². The summed E-state index contributed by atoms with van der Waals surface area (Å²) in [5.74, 6) is 2.15. The number of unbranched alkanes of at least 4 members (excludes halogenated alkanes) is 1. The predicted octanol–water partition coefficient (Wildman–Crippen LogP) is 3.71. The van der Waals surface area contributed by atoms with Gasteiger partial charge in [-0.05, 0) is 59.8 Å². The Morgan fingerprint density at radius 2 is 2.21 bits per heavy atom. The molecule has 0 unspecified atom stereocenters. The van der Waals surface area contributed by atoms with Crippen LogP contribution in [-0.2, 0) is 6.54 Å². The van der Waals surface area contributed by atoms with Crippen molar-refractivity contribution in [3.05, 3.63) is 20.8 Å². The first kappa shape index (κ1) is 16.9. The number of nitrogens with one attached hydrogen (secondary N) is 2. The SMILES string of the molecule is CCNC(=NCc1ccc(Br)s1)NCCCCSC. The van der Waals surface area contributed by atoms with Gasteiger partial charge < -0.3 is 10.6 Å². The van der Waals surface area contributed by atoms with E-state index < -0.39 is 0 Å². The Balaban J connectivity index is 2.33. The minimum absolute atomic E-state index is 0.733. The smallest absolute Gasteiger partial charge is 0.191 e. The summed E-state index contributed by atoms with van der Waals surface area (Å²) in [7, 11) is 0. The van der Waals surface area contributed by atoms with Gasteiger partial charge in [0.25, 0.3) is 0 Å². The van der Waals surface area contributed by atoms with Gasteiger partial charge in [-0.25, -0.2) is 4.99 Å². The second-order valence-corrected chi connectivity index (χ2v) is 7.56. The summed E-state index contributed by atoms with van der Waals surface area (Å²) in [6.45, 7) is 4.70. The zero-order chi connectivity index (χ0) is 13.9. The molecule has 1 aromatic heterocycles. The molecular weight excluding hydrogens is 342 g/mol. The van der Waals surface area contributed by atoms with E-state index in [0.29, 0.717) is 0 Å². The number of halogens is 1. The van der Waals surface area contributed by atoms with Crippen LogP contribution >= 0.6 is 39.0 Å². The Morgan fingerprint density at radius 1 is 1.37 bits per heavy atom. The van der Waals surface area contributed by atoms with Crippen LogP contribution in [0.3, 0.4) is 0 Å². The van der Waals surface area contributed by atoms with Crippen molar-refractivity contribution in [2.75, 3.05) is 25.1 Å². The Labute approximate surface area is 132 Å². The zero-order valence-corrected chi connectivity index (χ0v) is 14.8. The highest BCUT2D eigenvalue weighted by Crippen LogP contribution is 2.22. The highest BCUT2D eigenvalue weighted by atomic mass is 79.9. The molecule has 0 aromatic carbocycles. The number of thioether (sulfide) groups is 1. The van der Waals surface area contributed by atoms with Crippen LogP contribution in [0, 0.1) is 0 Å². The topological polar surface area (TPSA) is 36.4 Å². The van der Waals surface area contributed by atoms with Gasteiger partial charge in [0.1, 0.15) is 0 Å². The van der Waals surface area contributed by atoms with Crippen molar-refractivity contribution in [3.63, 3.8) is 0 Å². The first-order valence-electron chi connectivity index (χ1n) is 6.51. The van der Waals surface area contributed by atoms with Crippen LogP contribution in [0.5, 0.6) is 0 Å². The van der Waals surface area contributed by atoms with Crippen molar-refractivity contribution < 1.29 is 0 Å². The second kappa shape index (κ2) is 10.6. The normalized spacial score (nSPS) is 11.6. The molecule has 0 bridgehead atoms. The fourth-order valence-electron chi connectivity index (χ4n) is 1.51. The van der Waals surface area contributed by atoms with E-state index >= 15 is 0 Å². The molecule has 0 aliphatic carbocycles. The number of thiophene rings is 1. The molecule has 1 rings (SSSR count). The van der Waals surface area contributed by atoms with E-state index in [1.165, 1.54) is 23.5 Å². The summed E-state index contributed by atoms with van der Waals surface area (Å²) in [5.41, 5.74) is 0. The molecule has 0 radical (unpaired) electrons. The quantitative estimate of drug-likeness (QED) is 0.419. The molecule has 3 nitrogen and oxygen atoms in total. The van der Waals surface area contributed by atoms with Gasteiger partial charge >= 0.3 is 0 Å². The molecule has 0 saturated heterocycles. The summed E-state index contributed by atoms with van der Waals surface area (Å²) < 4.78 is 1.16. The molecule has 0 aliphatic heterocycles. The van der Waals surface area contributed by atoms with Gasteiger partial charge in [0.15, 0.2) is 5.96 Å². The lowest BCUT2D eigenvalue weighted by molar-refractivity contribution is 0.735. The first-order chi connectivity index (χ1) is 9.26. The molecule has 1 heterocycles. The lowest BCUT2D eigenvalue weighted by Crippen LogP contribution is -2.37. The summed E-state index contributed by atoms with van der Waals surface area (Å²) in [6, 6.07) is 4.18. The number of guanidine groups is 1. The van der Waals surface area contributed by atoms with E-state index in [0.717, 1.165) is 29.4 Å². The fraction of sp³-hybridized carbons (Fsp3) is 0.615. The maximum absolute atomic E-state index is 4.59. The summed E-state index contributed by atoms with van der Waals surface area (Å²) in [6.07, 6.45) is 4.60.